The van der Waals surface area contributed by atoms with Crippen molar-refractivity contribution in [2.75, 3.05) is 5.32 Å². The summed E-state index contributed by atoms with van der Waals surface area (Å²) in [5.41, 5.74) is -0.612. The first-order chi connectivity index (χ1) is 14.7. The molecule has 0 aliphatic rings. The molecule has 10 heteroatoms. The molecule has 0 fully saturated rings. The normalized spacial score (nSPS) is 11.5. The molecule has 4 aromatic rings. The van der Waals surface area contributed by atoms with Crippen molar-refractivity contribution in [2.45, 2.75) is 13.3 Å². The number of aryl methyl sites for hydroxylation is 1. The average molecular weight is 446 g/mol. The minimum atomic E-state index is -4.93. The van der Waals surface area contributed by atoms with Gasteiger partial charge in [-0.25, -0.2) is 4.98 Å². The summed E-state index contributed by atoms with van der Waals surface area (Å²) in [6, 6.07) is 10.8. The van der Waals surface area contributed by atoms with Crippen LogP contribution in [0.4, 0.5) is 18.3 Å². The van der Waals surface area contributed by atoms with E-state index < -0.39 is 23.4 Å². The van der Waals surface area contributed by atoms with Gasteiger partial charge in [0.1, 0.15) is 11.5 Å². The van der Waals surface area contributed by atoms with E-state index in [0.717, 1.165) is 17.0 Å². The number of nitrogens with one attached hydrogen (secondary N) is 1. The van der Waals surface area contributed by atoms with Gasteiger partial charge in [-0.1, -0.05) is 18.2 Å². The number of hydrogen-bond acceptors (Lipinski definition) is 6. The van der Waals surface area contributed by atoms with Gasteiger partial charge < -0.3 is 9.15 Å². The first kappa shape index (κ1) is 20.6. The van der Waals surface area contributed by atoms with Crippen molar-refractivity contribution >= 4 is 33.3 Å². The Morgan fingerprint density at radius 2 is 1.94 bits per heavy atom. The van der Waals surface area contributed by atoms with E-state index in [1.54, 1.807) is 6.20 Å². The van der Waals surface area contributed by atoms with Gasteiger partial charge in [-0.2, -0.15) is 0 Å². The lowest BCUT2D eigenvalue weighted by Gasteiger charge is -2.13. The summed E-state index contributed by atoms with van der Waals surface area (Å²) in [7, 11) is 0. The second kappa shape index (κ2) is 7.88. The zero-order chi connectivity index (χ0) is 22.2. The zero-order valence-electron chi connectivity index (χ0n) is 15.8. The molecule has 0 saturated heterocycles. The summed E-state index contributed by atoms with van der Waals surface area (Å²) in [4.78, 5) is 30.4. The molecule has 0 saturated carbocycles. The van der Waals surface area contributed by atoms with Crippen molar-refractivity contribution in [2.24, 2.45) is 0 Å². The van der Waals surface area contributed by atoms with Gasteiger partial charge in [0, 0.05) is 17.1 Å². The number of fused-ring (bicyclic) bond motifs is 1. The molecule has 0 atom stereocenters. The van der Waals surface area contributed by atoms with Crippen LogP contribution in [0.25, 0.3) is 22.3 Å². The molecule has 0 unspecified atom stereocenters. The van der Waals surface area contributed by atoms with E-state index in [0.29, 0.717) is 5.13 Å². The number of anilines is 1. The topological polar surface area (TPSA) is 81.4 Å². The van der Waals surface area contributed by atoms with E-state index in [9.17, 15) is 22.8 Å². The van der Waals surface area contributed by atoms with Crippen LogP contribution in [0.5, 0.6) is 5.75 Å². The Labute approximate surface area is 176 Å². The highest BCUT2D eigenvalue weighted by Gasteiger charge is 2.32. The van der Waals surface area contributed by atoms with Gasteiger partial charge in [-0.3, -0.25) is 14.9 Å². The summed E-state index contributed by atoms with van der Waals surface area (Å²) < 4.78 is 48.1. The fourth-order valence-electron chi connectivity index (χ4n) is 2.95. The van der Waals surface area contributed by atoms with Crippen LogP contribution in [-0.4, -0.2) is 17.3 Å². The molecule has 6 nitrogen and oxygen atoms in total. The third-order valence-corrected chi connectivity index (χ3v) is 5.05. The Kier molecular flexibility index (Phi) is 5.24. The van der Waals surface area contributed by atoms with Crippen molar-refractivity contribution in [3.8, 4) is 17.1 Å². The van der Waals surface area contributed by atoms with E-state index in [1.165, 1.54) is 47.7 Å². The number of benzene rings is 2. The Morgan fingerprint density at radius 3 is 2.65 bits per heavy atom. The maximum atomic E-state index is 12.8. The Morgan fingerprint density at radius 1 is 1.16 bits per heavy atom. The van der Waals surface area contributed by atoms with Crippen LogP contribution < -0.4 is 15.5 Å². The van der Waals surface area contributed by atoms with Crippen LogP contribution in [0.3, 0.4) is 0 Å². The van der Waals surface area contributed by atoms with E-state index in [2.05, 4.69) is 15.0 Å². The van der Waals surface area contributed by atoms with Gasteiger partial charge in [-0.05, 0) is 31.2 Å². The predicted molar refractivity (Wildman–Crippen MR) is 109 cm³/mol. The molecule has 0 aliphatic carbocycles. The second-order valence-corrected chi connectivity index (χ2v) is 7.67. The SMILES string of the molecule is Cc1cnc(NC(=O)c2cccc3c(=O)cc(-c4ccccc4OC(F)(F)F)oc23)s1. The summed E-state index contributed by atoms with van der Waals surface area (Å²) in [6.45, 7) is 1.83. The summed E-state index contributed by atoms with van der Waals surface area (Å²) >= 11 is 1.27. The van der Waals surface area contributed by atoms with Crippen molar-refractivity contribution in [3.05, 3.63) is 75.4 Å². The largest absolute Gasteiger partial charge is 0.573 e. The summed E-state index contributed by atoms with van der Waals surface area (Å²) in [5.74, 6) is -1.26. The Hall–Kier alpha value is -3.66. The molecule has 4 rings (SSSR count). The third-order valence-electron chi connectivity index (χ3n) is 4.22. The predicted octanol–water partition coefficient (Wildman–Crippen LogP) is 5.38. The molecule has 0 radical (unpaired) electrons. The number of halogens is 3. The van der Waals surface area contributed by atoms with E-state index in [1.807, 2.05) is 6.92 Å². The minimum Gasteiger partial charge on any atom is -0.455 e. The highest BCUT2D eigenvalue weighted by Crippen LogP contribution is 2.34. The number of ether oxygens (including phenoxy) is 1. The monoisotopic (exact) mass is 446 g/mol. The molecule has 1 N–H and O–H groups in total. The second-order valence-electron chi connectivity index (χ2n) is 6.43. The average Bonchev–Trinajstić information content (AvgIpc) is 3.11. The molecule has 2 aromatic heterocycles. The maximum Gasteiger partial charge on any atom is 0.573 e. The number of aromatic nitrogens is 1. The van der Waals surface area contributed by atoms with Crippen LogP contribution in [0.2, 0.25) is 0 Å². The van der Waals surface area contributed by atoms with Crippen molar-refractivity contribution < 1.29 is 27.1 Å². The van der Waals surface area contributed by atoms with E-state index in [4.69, 9.17) is 4.42 Å². The first-order valence-electron chi connectivity index (χ1n) is 8.87. The van der Waals surface area contributed by atoms with Gasteiger partial charge in [0.25, 0.3) is 5.91 Å². The zero-order valence-corrected chi connectivity index (χ0v) is 16.6. The van der Waals surface area contributed by atoms with E-state index >= 15 is 0 Å². The Bertz CT molecular complexity index is 1340. The number of carbonyl (C=O) groups excluding carboxylic acids is 1. The van der Waals surface area contributed by atoms with Gasteiger partial charge in [0.15, 0.2) is 16.1 Å². The summed E-state index contributed by atoms with van der Waals surface area (Å²) in [5, 5.41) is 3.10. The van der Waals surface area contributed by atoms with Crippen LogP contribution in [0.1, 0.15) is 15.2 Å². The van der Waals surface area contributed by atoms with Gasteiger partial charge >= 0.3 is 6.36 Å². The number of hydrogen-bond donors (Lipinski definition) is 1. The van der Waals surface area contributed by atoms with Crippen LogP contribution in [-0.2, 0) is 0 Å². The fraction of sp³-hybridized carbons (Fsp3) is 0.0952. The molecular weight excluding hydrogens is 433 g/mol. The highest BCUT2D eigenvalue weighted by atomic mass is 32.1. The lowest BCUT2D eigenvalue weighted by molar-refractivity contribution is -0.274. The number of carbonyl (C=O) groups is 1. The molecule has 2 aromatic carbocycles. The minimum absolute atomic E-state index is 0.0403. The lowest BCUT2D eigenvalue weighted by Crippen LogP contribution is -2.17. The molecule has 0 aliphatic heterocycles. The van der Waals surface area contributed by atoms with Crippen LogP contribution >= 0.6 is 11.3 Å². The highest BCUT2D eigenvalue weighted by molar-refractivity contribution is 7.15. The lowest BCUT2D eigenvalue weighted by atomic mass is 10.1. The molecule has 0 bridgehead atoms. The van der Waals surface area contributed by atoms with Crippen molar-refractivity contribution in [3.63, 3.8) is 0 Å². The molecular formula is C21H13F3N2O4S. The molecule has 1 amide bonds. The number of amides is 1. The number of rotatable bonds is 4. The van der Waals surface area contributed by atoms with E-state index in [-0.39, 0.29) is 27.9 Å². The van der Waals surface area contributed by atoms with Crippen LogP contribution in [0, 0.1) is 6.92 Å². The van der Waals surface area contributed by atoms with Gasteiger partial charge in [-0.15, -0.1) is 24.5 Å². The smallest absolute Gasteiger partial charge is 0.455 e. The molecule has 0 spiro atoms. The van der Waals surface area contributed by atoms with Crippen molar-refractivity contribution in [1.82, 2.24) is 4.98 Å². The third kappa shape index (κ3) is 4.43. The number of alkyl halides is 3. The van der Waals surface area contributed by atoms with Gasteiger partial charge in [0.05, 0.1) is 16.5 Å². The number of thiazole rings is 1. The fourth-order valence-corrected chi connectivity index (χ4v) is 3.61. The maximum absolute atomic E-state index is 12.8. The van der Waals surface area contributed by atoms with Crippen molar-refractivity contribution in [1.29, 1.82) is 0 Å². The standard InChI is InChI=1S/C21H13F3N2O4S/c1-11-10-25-20(31-11)26-19(28)14-7-4-6-12-15(27)9-17(29-18(12)14)13-5-2-3-8-16(13)30-21(22,23)24/h2-10H,1H3,(H,25,26,28). The number of para-hydroxylation sites is 2. The molecule has 2 heterocycles. The Balaban J connectivity index is 1.83. The summed E-state index contributed by atoms with van der Waals surface area (Å²) in [6.07, 6.45) is -3.33. The first-order valence-corrected chi connectivity index (χ1v) is 9.69. The molecule has 158 valence electrons. The quantitative estimate of drug-likeness (QED) is 0.456. The molecule has 31 heavy (non-hydrogen) atoms. The van der Waals surface area contributed by atoms with Gasteiger partial charge in [0.2, 0.25) is 0 Å². The van der Waals surface area contributed by atoms with Crippen LogP contribution in [0.15, 0.2) is 63.9 Å². The number of nitrogens with zero attached hydrogens (tertiary/aromatic N) is 1.